The second-order valence-corrected chi connectivity index (χ2v) is 11.5. The number of rotatable bonds is 8. The maximum absolute atomic E-state index is 12.4. The molecule has 0 saturated heterocycles. The average molecular weight is 365 g/mol. The summed E-state index contributed by atoms with van der Waals surface area (Å²) in [6, 6.07) is 17.1. The molecule has 24 heavy (non-hydrogen) atoms. The second kappa shape index (κ2) is 8.07. The van der Waals surface area contributed by atoms with E-state index < -0.39 is 18.4 Å². The minimum absolute atomic E-state index is 0.0138. The van der Waals surface area contributed by atoms with E-state index in [9.17, 15) is 8.42 Å². The van der Waals surface area contributed by atoms with Gasteiger partial charge in [-0.1, -0.05) is 42.5 Å². The van der Waals surface area contributed by atoms with Crippen molar-refractivity contribution in [3.63, 3.8) is 0 Å². The molecule has 0 spiro atoms. The Balaban J connectivity index is 2.02. The molecule has 0 bridgehead atoms. The zero-order chi connectivity index (χ0) is 17.6. The van der Waals surface area contributed by atoms with Gasteiger partial charge in [-0.2, -0.15) is 0 Å². The predicted molar refractivity (Wildman–Crippen MR) is 97.9 cm³/mol. The monoisotopic (exact) mass is 364 g/mol. The first-order valence-corrected chi connectivity index (χ1v) is 12.0. The van der Waals surface area contributed by atoms with Gasteiger partial charge in [0.1, 0.15) is 0 Å². The van der Waals surface area contributed by atoms with Gasteiger partial charge in [0.25, 0.3) is 0 Å². The molecule has 0 amide bonds. The van der Waals surface area contributed by atoms with Crippen molar-refractivity contribution < 1.29 is 17.3 Å². The van der Waals surface area contributed by atoms with Crippen LogP contribution in [0.4, 0.5) is 0 Å². The zero-order valence-electron chi connectivity index (χ0n) is 14.4. The van der Waals surface area contributed by atoms with Crippen molar-refractivity contribution in [3.8, 4) is 0 Å². The third-order valence-electron chi connectivity index (χ3n) is 4.21. The molecule has 2 aromatic rings. The maximum atomic E-state index is 12.4. The van der Waals surface area contributed by atoms with Crippen LogP contribution in [0.25, 0.3) is 0 Å². The highest BCUT2D eigenvalue weighted by atomic mass is 32.2. The van der Waals surface area contributed by atoms with Crippen molar-refractivity contribution in [3.05, 3.63) is 65.7 Å². The molecule has 2 rings (SSSR count). The Hall–Kier alpha value is -1.47. The summed E-state index contributed by atoms with van der Waals surface area (Å²) in [5.41, 5.74) is 1.95. The number of hydrogen-bond acceptors (Lipinski definition) is 4. The first-order valence-electron chi connectivity index (χ1n) is 7.84. The normalized spacial score (nSPS) is 12.3. The van der Waals surface area contributed by atoms with Crippen molar-refractivity contribution in [1.82, 2.24) is 0 Å². The van der Waals surface area contributed by atoms with E-state index in [0.29, 0.717) is 4.90 Å². The molecule has 0 saturated carbocycles. The van der Waals surface area contributed by atoms with Crippen LogP contribution in [0.5, 0.6) is 0 Å². The smallest absolute Gasteiger partial charge is 0.334 e. The number of benzene rings is 2. The SMILES string of the molecule is CO[Si](C)(CCc1ccc(CS(=O)(=O)c2ccccc2)cc1)OC. The van der Waals surface area contributed by atoms with Crippen molar-refractivity contribution in [2.45, 2.75) is 29.7 Å². The fourth-order valence-electron chi connectivity index (χ4n) is 2.39. The second-order valence-electron chi connectivity index (χ2n) is 5.93. The standard InChI is InChI=1S/C18H24O4SSi/c1-21-24(3,22-2)14-13-16-9-11-17(12-10-16)15-23(19,20)18-7-5-4-6-8-18/h4-12H,13-15H2,1-3H3. The first kappa shape index (κ1) is 18.9. The molecule has 4 nitrogen and oxygen atoms in total. The number of hydrogen-bond donors (Lipinski definition) is 0. The van der Waals surface area contributed by atoms with Gasteiger partial charge in [0, 0.05) is 14.2 Å². The van der Waals surface area contributed by atoms with Gasteiger partial charge in [-0.05, 0) is 42.3 Å². The topological polar surface area (TPSA) is 52.6 Å². The number of aryl methyl sites for hydroxylation is 1. The summed E-state index contributed by atoms with van der Waals surface area (Å²) >= 11 is 0. The Bertz CT molecular complexity index is 738. The summed E-state index contributed by atoms with van der Waals surface area (Å²) in [6.45, 7) is 2.04. The van der Waals surface area contributed by atoms with E-state index in [1.807, 2.05) is 36.9 Å². The Kier molecular flexibility index (Phi) is 6.34. The summed E-state index contributed by atoms with van der Waals surface area (Å²) < 4.78 is 35.8. The van der Waals surface area contributed by atoms with Gasteiger partial charge < -0.3 is 8.85 Å². The molecule has 0 atom stereocenters. The minimum Gasteiger partial charge on any atom is -0.398 e. The lowest BCUT2D eigenvalue weighted by Crippen LogP contribution is -2.36. The van der Waals surface area contributed by atoms with Gasteiger partial charge >= 0.3 is 8.56 Å². The quantitative estimate of drug-likeness (QED) is 0.672. The Morgan fingerprint density at radius 3 is 1.96 bits per heavy atom. The van der Waals surface area contributed by atoms with Crippen molar-refractivity contribution in [1.29, 1.82) is 0 Å². The van der Waals surface area contributed by atoms with Gasteiger partial charge in [0.15, 0.2) is 9.84 Å². The molecule has 0 radical (unpaired) electrons. The van der Waals surface area contributed by atoms with E-state index in [2.05, 4.69) is 0 Å². The van der Waals surface area contributed by atoms with Crippen LogP contribution in [0, 0.1) is 0 Å². The maximum Gasteiger partial charge on any atom is 0.334 e. The molecular weight excluding hydrogens is 340 g/mol. The largest absolute Gasteiger partial charge is 0.398 e. The Morgan fingerprint density at radius 1 is 0.875 bits per heavy atom. The molecule has 2 aromatic carbocycles. The van der Waals surface area contributed by atoms with Gasteiger partial charge in [0.2, 0.25) is 0 Å². The molecule has 0 aliphatic heterocycles. The van der Waals surface area contributed by atoms with E-state index in [-0.39, 0.29) is 5.75 Å². The molecule has 0 fully saturated rings. The molecule has 6 heteroatoms. The van der Waals surface area contributed by atoms with Gasteiger partial charge in [-0.3, -0.25) is 0 Å². The molecule has 130 valence electrons. The zero-order valence-corrected chi connectivity index (χ0v) is 16.2. The van der Waals surface area contributed by atoms with Crippen LogP contribution in [-0.4, -0.2) is 31.2 Å². The minimum atomic E-state index is -3.30. The van der Waals surface area contributed by atoms with Gasteiger partial charge in [-0.15, -0.1) is 0 Å². The summed E-state index contributed by atoms with van der Waals surface area (Å²) in [6.07, 6.45) is 0.857. The van der Waals surface area contributed by atoms with Crippen molar-refractivity contribution in [2.75, 3.05) is 14.2 Å². The molecule has 0 aromatic heterocycles. The van der Waals surface area contributed by atoms with Gasteiger partial charge in [0.05, 0.1) is 10.6 Å². The fourth-order valence-corrected chi connectivity index (χ4v) is 5.08. The van der Waals surface area contributed by atoms with Crippen molar-refractivity contribution in [2.24, 2.45) is 0 Å². The van der Waals surface area contributed by atoms with Crippen LogP contribution in [0.3, 0.4) is 0 Å². The average Bonchev–Trinajstić information content (AvgIpc) is 2.61. The van der Waals surface area contributed by atoms with Crippen LogP contribution < -0.4 is 0 Å². The lowest BCUT2D eigenvalue weighted by Gasteiger charge is -2.22. The Morgan fingerprint density at radius 2 is 1.42 bits per heavy atom. The summed E-state index contributed by atoms with van der Waals surface area (Å²) in [7, 11) is -2.00. The van der Waals surface area contributed by atoms with Crippen LogP contribution >= 0.6 is 0 Å². The predicted octanol–water partition coefficient (Wildman–Crippen LogP) is 3.57. The van der Waals surface area contributed by atoms with Crippen LogP contribution in [0.15, 0.2) is 59.5 Å². The Labute approximate surface area is 145 Å². The third kappa shape index (κ3) is 5.01. The number of sulfone groups is 1. The summed E-state index contributed by atoms with van der Waals surface area (Å²) in [5, 5.41) is 0. The van der Waals surface area contributed by atoms with E-state index in [0.717, 1.165) is 23.6 Å². The summed E-state index contributed by atoms with van der Waals surface area (Å²) in [5.74, 6) is 0.0138. The molecule has 0 aliphatic rings. The highest BCUT2D eigenvalue weighted by molar-refractivity contribution is 7.90. The highest BCUT2D eigenvalue weighted by Gasteiger charge is 2.28. The lowest BCUT2D eigenvalue weighted by atomic mass is 10.1. The first-order chi connectivity index (χ1) is 11.4. The van der Waals surface area contributed by atoms with E-state index in [1.54, 1.807) is 38.5 Å². The van der Waals surface area contributed by atoms with E-state index in [1.165, 1.54) is 0 Å². The van der Waals surface area contributed by atoms with Gasteiger partial charge in [-0.25, -0.2) is 8.42 Å². The van der Waals surface area contributed by atoms with E-state index in [4.69, 9.17) is 8.85 Å². The lowest BCUT2D eigenvalue weighted by molar-refractivity contribution is 0.249. The molecule has 0 aliphatic carbocycles. The third-order valence-corrected chi connectivity index (χ3v) is 8.80. The van der Waals surface area contributed by atoms with Crippen LogP contribution in [0.1, 0.15) is 11.1 Å². The molecule has 0 N–H and O–H groups in total. The molecule has 0 unspecified atom stereocenters. The fraction of sp³-hybridized carbons (Fsp3) is 0.333. The van der Waals surface area contributed by atoms with Crippen LogP contribution in [-0.2, 0) is 30.9 Å². The van der Waals surface area contributed by atoms with E-state index >= 15 is 0 Å². The van der Waals surface area contributed by atoms with Crippen molar-refractivity contribution >= 4 is 18.4 Å². The highest BCUT2D eigenvalue weighted by Crippen LogP contribution is 2.19. The summed E-state index contributed by atoms with van der Waals surface area (Å²) in [4.78, 5) is 0.357. The van der Waals surface area contributed by atoms with Crippen LogP contribution in [0.2, 0.25) is 12.6 Å². The molecular formula is C18H24O4SSi. The molecule has 0 heterocycles.